The standard InChI is InChI=1S/C18H28O3Si/c1-13(17-14(2)18(19)20-17)16(21-22(3,4)5)12-11-15-9-7-6-8-10-15/h6-10,13-14,16-17H,11-12H2,1-5H3/t13-,14+,16+,17-/m1/s1. The van der Waals surface area contributed by atoms with E-state index in [1.165, 1.54) is 5.56 Å². The lowest BCUT2D eigenvalue weighted by Crippen LogP contribution is -2.52. The van der Waals surface area contributed by atoms with Crippen LogP contribution in [0, 0.1) is 11.8 Å². The topological polar surface area (TPSA) is 35.5 Å². The van der Waals surface area contributed by atoms with Crippen molar-refractivity contribution in [2.45, 2.75) is 58.5 Å². The van der Waals surface area contributed by atoms with Crippen molar-refractivity contribution in [3.63, 3.8) is 0 Å². The lowest BCUT2D eigenvalue weighted by atomic mass is 9.83. The van der Waals surface area contributed by atoms with E-state index in [1.54, 1.807) is 0 Å². The molecule has 0 N–H and O–H groups in total. The molecule has 1 heterocycles. The van der Waals surface area contributed by atoms with Gasteiger partial charge in [0.25, 0.3) is 0 Å². The first-order valence-corrected chi connectivity index (χ1v) is 11.6. The number of ether oxygens (including phenoxy) is 1. The van der Waals surface area contributed by atoms with Crippen LogP contribution in [0.2, 0.25) is 19.6 Å². The molecule has 0 aromatic heterocycles. The highest BCUT2D eigenvalue weighted by molar-refractivity contribution is 6.69. The Morgan fingerprint density at radius 3 is 2.36 bits per heavy atom. The van der Waals surface area contributed by atoms with Gasteiger partial charge < -0.3 is 9.16 Å². The monoisotopic (exact) mass is 320 g/mol. The molecular formula is C18H28O3Si. The van der Waals surface area contributed by atoms with E-state index in [-0.39, 0.29) is 30.0 Å². The largest absolute Gasteiger partial charge is 0.461 e. The Labute approximate surface area is 135 Å². The Bertz CT molecular complexity index is 495. The molecule has 0 unspecified atom stereocenters. The molecule has 1 aromatic rings. The van der Waals surface area contributed by atoms with E-state index in [0.717, 1.165) is 12.8 Å². The number of benzene rings is 1. The van der Waals surface area contributed by atoms with Crippen molar-refractivity contribution in [2.75, 3.05) is 0 Å². The number of carbonyl (C=O) groups excluding carboxylic acids is 1. The van der Waals surface area contributed by atoms with Gasteiger partial charge in [-0.3, -0.25) is 4.79 Å². The second-order valence-corrected chi connectivity index (χ2v) is 11.8. The van der Waals surface area contributed by atoms with Crippen molar-refractivity contribution >= 4 is 14.3 Å². The van der Waals surface area contributed by atoms with Crippen molar-refractivity contribution < 1.29 is 14.0 Å². The average molecular weight is 321 g/mol. The first kappa shape index (κ1) is 17.2. The van der Waals surface area contributed by atoms with Crippen molar-refractivity contribution in [3.8, 4) is 0 Å². The highest BCUT2D eigenvalue weighted by Crippen LogP contribution is 2.33. The molecule has 1 fully saturated rings. The van der Waals surface area contributed by atoms with Crippen molar-refractivity contribution in [3.05, 3.63) is 35.9 Å². The van der Waals surface area contributed by atoms with Crippen LogP contribution in [0.25, 0.3) is 0 Å². The van der Waals surface area contributed by atoms with E-state index in [1.807, 2.05) is 13.0 Å². The highest BCUT2D eigenvalue weighted by Gasteiger charge is 2.45. The summed E-state index contributed by atoms with van der Waals surface area (Å²) in [4.78, 5) is 11.4. The number of hydrogen-bond acceptors (Lipinski definition) is 3. The van der Waals surface area contributed by atoms with Crippen LogP contribution < -0.4 is 0 Å². The molecule has 0 amide bonds. The van der Waals surface area contributed by atoms with Gasteiger partial charge in [-0.2, -0.15) is 0 Å². The summed E-state index contributed by atoms with van der Waals surface area (Å²) in [6, 6.07) is 10.5. The van der Waals surface area contributed by atoms with Crippen LogP contribution in [-0.2, 0) is 20.4 Å². The van der Waals surface area contributed by atoms with Gasteiger partial charge in [-0.05, 0) is 45.0 Å². The second kappa shape index (κ2) is 6.96. The molecule has 1 saturated heterocycles. The van der Waals surface area contributed by atoms with Crippen LogP contribution in [0.5, 0.6) is 0 Å². The fourth-order valence-electron chi connectivity index (χ4n) is 3.02. The first-order valence-electron chi connectivity index (χ1n) is 8.20. The molecule has 0 spiro atoms. The van der Waals surface area contributed by atoms with Crippen LogP contribution in [0.3, 0.4) is 0 Å². The maximum atomic E-state index is 11.4. The average Bonchev–Trinajstić information content (AvgIpc) is 2.48. The van der Waals surface area contributed by atoms with E-state index in [9.17, 15) is 4.79 Å². The fraction of sp³-hybridized carbons (Fsp3) is 0.611. The molecule has 0 saturated carbocycles. The summed E-state index contributed by atoms with van der Waals surface area (Å²) < 4.78 is 11.8. The molecule has 4 atom stereocenters. The Morgan fingerprint density at radius 2 is 1.86 bits per heavy atom. The van der Waals surface area contributed by atoms with E-state index in [0.29, 0.717) is 0 Å². The van der Waals surface area contributed by atoms with Crippen molar-refractivity contribution in [1.29, 1.82) is 0 Å². The molecule has 22 heavy (non-hydrogen) atoms. The van der Waals surface area contributed by atoms with Gasteiger partial charge in [0.15, 0.2) is 8.32 Å². The molecule has 4 heteroatoms. The minimum absolute atomic E-state index is 0.000500. The third kappa shape index (κ3) is 4.43. The predicted molar refractivity (Wildman–Crippen MR) is 91.2 cm³/mol. The molecule has 1 aliphatic rings. The highest BCUT2D eigenvalue weighted by atomic mass is 28.4. The summed E-state index contributed by atoms with van der Waals surface area (Å²) in [5.41, 5.74) is 1.33. The van der Waals surface area contributed by atoms with E-state index >= 15 is 0 Å². The van der Waals surface area contributed by atoms with Crippen LogP contribution in [0.1, 0.15) is 25.8 Å². The smallest absolute Gasteiger partial charge is 0.312 e. The zero-order valence-corrected chi connectivity index (χ0v) is 15.3. The molecule has 122 valence electrons. The van der Waals surface area contributed by atoms with Crippen LogP contribution in [0.15, 0.2) is 30.3 Å². The summed E-state index contributed by atoms with van der Waals surface area (Å²) in [5.74, 6) is 0.161. The quantitative estimate of drug-likeness (QED) is 0.562. The van der Waals surface area contributed by atoms with Gasteiger partial charge in [0.1, 0.15) is 6.10 Å². The lowest BCUT2D eigenvalue weighted by molar-refractivity contribution is -0.193. The summed E-state index contributed by atoms with van der Waals surface area (Å²) >= 11 is 0. The van der Waals surface area contributed by atoms with Crippen LogP contribution in [-0.4, -0.2) is 26.5 Å². The number of esters is 1. The van der Waals surface area contributed by atoms with Gasteiger partial charge in [-0.25, -0.2) is 0 Å². The maximum Gasteiger partial charge on any atom is 0.312 e. The van der Waals surface area contributed by atoms with Crippen molar-refractivity contribution in [1.82, 2.24) is 0 Å². The molecule has 1 aliphatic heterocycles. The van der Waals surface area contributed by atoms with Crippen molar-refractivity contribution in [2.24, 2.45) is 11.8 Å². The normalized spacial score (nSPS) is 24.3. The zero-order valence-electron chi connectivity index (χ0n) is 14.3. The molecule has 0 aliphatic carbocycles. The Balaban J connectivity index is 2.01. The first-order chi connectivity index (χ1) is 10.3. The zero-order chi connectivity index (χ0) is 16.3. The second-order valence-electron chi connectivity index (χ2n) is 7.34. The van der Waals surface area contributed by atoms with Gasteiger partial charge in [0.05, 0.1) is 12.0 Å². The lowest BCUT2D eigenvalue weighted by Gasteiger charge is -2.41. The minimum atomic E-state index is -1.64. The van der Waals surface area contributed by atoms with E-state index in [2.05, 4.69) is 50.8 Å². The van der Waals surface area contributed by atoms with Crippen LogP contribution >= 0.6 is 0 Å². The summed E-state index contributed by atoms with van der Waals surface area (Å²) in [6.07, 6.45) is 2.11. The van der Waals surface area contributed by atoms with Crippen LogP contribution in [0.4, 0.5) is 0 Å². The fourth-order valence-corrected chi connectivity index (χ4v) is 4.26. The molecule has 0 bridgehead atoms. The van der Waals surface area contributed by atoms with Gasteiger partial charge >= 0.3 is 5.97 Å². The summed E-state index contributed by atoms with van der Waals surface area (Å²) in [7, 11) is -1.64. The molecule has 1 aromatic carbocycles. The summed E-state index contributed by atoms with van der Waals surface area (Å²) in [5, 5.41) is 0. The Morgan fingerprint density at radius 1 is 1.23 bits per heavy atom. The number of cyclic esters (lactones) is 1. The molecular weight excluding hydrogens is 292 g/mol. The maximum absolute atomic E-state index is 11.4. The Kier molecular flexibility index (Phi) is 5.45. The number of hydrogen-bond donors (Lipinski definition) is 0. The van der Waals surface area contributed by atoms with Gasteiger partial charge in [-0.15, -0.1) is 0 Å². The molecule has 0 radical (unpaired) electrons. The minimum Gasteiger partial charge on any atom is -0.461 e. The predicted octanol–water partition coefficient (Wildman–Crippen LogP) is 4.04. The SMILES string of the molecule is C[C@@H]([C@H]1OC(=O)[C@H]1C)[C@H](CCc1ccccc1)O[Si](C)(C)C. The third-order valence-corrected chi connectivity index (χ3v) is 5.30. The number of carbonyl (C=O) groups is 1. The molecule has 2 rings (SSSR count). The van der Waals surface area contributed by atoms with Gasteiger partial charge in [0, 0.05) is 5.92 Å². The Hall–Kier alpha value is -1.13. The van der Waals surface area contributed by atoms with Gasteiger partial charge in [-0.1, -0.05) is 37.3 Å². The van der Waals surface area contributed by atoms with E-state index < -0.39 is 8.32 Å². The van der Waals surface area contributed by atoms with Gasteiger partial charge in [0.2, 0.25) is 0 Å². The third-order valence-electron chi connectivity index (χ3n) is 4.29. The number of rotatable bonds is 7. The van der Waals surface area contributed by atoms with E-state index in [4.69, 9.17) is 9.16 Å². The number of aryl methyl sites for hydroxylation is 1. The summed E-state index contributed by atoms with van der Waals surface area (Å²) in [6.45, 7) is 10.8. The molecule has 3 nitrogen and oxygen atoms in total.